The molecule has 0 fully saturated rings. The average molecular weight is 372 g/mol. The Morgan fingerprint density at radius 3 is 2.56 bits per heavy atom. The van der Waals surface area contributed by atoms with Gasteiger partial charge in [0, 0.05) is 27.3 Å². The molecule has 0 saturated carbocycles. The lowest BCUT2D eigenvalue weighted by Crippen LogP contribution is -2.07. The molecule has 94 valence electrons. The molecule has 0 aliphatic carbocycles. The van der Waals surface area contributed by atoms with Gasteiger partial charge in [0.1, 0.15) is 5.75 Å². The summed E-state index contributed by atoms with van der Waals surface area (Å²) in [5.41, 5.74) is 1.01. The Kier molecular flexibility index (Phi) is 4.74. The van der Waals surface area contributed by atoms with Crippen molar-refractivity contribution in [2.45, 2.75) is 6.54 Å². The first-order valence-corrected chi connectivity index (χ1v) is 7.00. The maximum absolute atomic E-state index is 5.78. The molecule has 2 rings (SSSR count). The number of pyridine rings is 1. The molecule has 0 amide bonds. The van der Waals surface area contributed by atoms with Crippen LogP contribution in [0.1, 0.15) is 5.56 Å². The SMILES string of the molecule is CNCc1cc(Br)cnc1Oc1ccc(Br)cc1. The van der Waals surface area contributed by atoms with Gasteiger partial charge >= 0.3 is 0 Å². The molecule has 0 aliphatic heterocycles. The third-order valence-electron chi connectivity index (χ3n) is 2.29. The molecule has 0 atom stereocenters. The Balaban J connectivity index is 2.25. The first-order valence-electron chi connectivity index (χ1n) is 5.41. The molecule has 0 spiro atoms. The van der Waals surface area contributed by atoms with Gasteiger partial charge in [-0.1, -0.05) is 15.9 Å². The summed E-state index contributed by atoms with van der Waals surface area (Å²) in [5.74, 6) is 1.39. The molecule has 0 unspecified atom stereocenters. The van der Waals surface area contributed by atoms with E-state index >= 15 is 0 Å². The number of nitrogens with zero attached hydrogens (tertiary/aromatic N) is 1. The number of benzene rings is 1. The highest BCUT2D eigenvalue weighted by Crippen LogP contribution is 2.26. The van der Waals surface area contributed by atoms with Crippen LogP contribution < -0.4 is 10.1 Å². The lowest BCUT2D eigenvalue weighted by atomic mass is 10.2. The summed E-state index contributed by atoms with van der Waals surface area (Å²) in [5, 5.41) is 3.10. The van der Waals surface area contributed by atoms with E-state index in [0.717, 1.165) is 20.3 Å². The molecule has 3 nitrogen and oxygen atoms in total. The first-order chi connectivity index (χ1) is 8.69. The van der Waals surface area contributed by atoms with E-state index < -0.39 is 0 Å². The highest BCUT2D eigenvalue weighted by molar-refractivity contribution is 9.10. The van der Waals surface area contributed by atoms with E-state index in [4.69, 9.17) is 4.74 Å². The summed E-state index contributed by atoms with van der Waals surface area (Å²) < 4.78 is 7.74. The van der Waals surface area contributed by atoms with Crippen molar-refractivity contribution in [1.29, 1.82) is 0 Å². The second-order valence-corrected chi connectivity index (χ2v) is 5.54. The molecular formula is C13H12Br2N2O. The molecule has 1 aromatic heterocycles. The fourth-order valence-corrected chi connectivity index (χ4v) is 2.13. The summed E-state index contributed by atoms with van der Waals surface area (Å²) in [6, 6.07) is 9.67. The van der Waals surface area contributed by atoms with Crippen LogP contribution in [0.4, 0.5) is 0 Å². The topological polar surface area (TPSA) is 34.2 Å². The highest BCUT2D eigenvalue weighted by Gasteiger charge is 2.07. The summed E-state index contributed by atoms with van der Waals surface area (Å²) in [7, 11) is 1.89. The molecule has 0 bridgehead atoms. The van der Waals surface area contributed by atoms with Crippen molar-refractivity contribution >= 4 is 31.9 Å². The van der Waals surface area contributed by atoms with Gasteiger partial charge in [-0.05, 0) is 53.3 Å². The highest BCUT2D eigenvalue weighted by atomic mass is 79.9. The van der Waals surface area contributed by atoms with Crippen molar-refractivity contribution in [3.63, 3.8) is 0 Å². The van der Waals surface area contributed by atoms with Crippen LogP contribution in [0.25, 0.3) is 0 Å². The summed E-state index contributed by atoms with van der Waals surface area (Å²) in [4.78, 5) is 4.29. The van der Waals surface area contributed by atoms with Gasteiger partial charge in [-0.3, -0.25) is 0 Å². The fraction of sp³-hybridized carbons (Fsp3) is 0.154. The van der Waals surface area contributed by atoms with Crippen molar-refractivity contribution in [1.82, 2.24) is 10.3 Å². The van der Waals surface area contributed by atoms with Gasteiger partial charge in [-0.25, -0.2) is 4.98 Å². The average Bonchev–Trinajstić information content (AvgIpc) is 2.36. The molecule has 2 aromatic rings. The van der Waals surface area contributed by atoms with Crippen LogP contribution in [0, 0.1) is 0 Å². The molecule has 18 heavy (non-hydrogen) atoms. The number of rotatable bonds is 4. The second-order valence-electron chi connectivity index (χ2n) is 3.70. The van der Waals surface area contributed by atoms with Gasteiger partial charge in [0.25, 0.3) is 0 Å². The molecule has 5 heteroatoms. The number of aromatic nitrogens is 1. The van der Waals surface area contributed by atoms with Gasteiger partial charge in [-0.15, -0.1) is 0 Å². The van der Waals surface area contributed by atoms with Crippen molar-refractivity contribution in [3.05, 3.63) is 51.0 Å². The minimum absolute atomic E-state index is 0.620. The molecule has 0 aliphatic rings. The van der Waals surface area contributed by atoms with Crippen molar-refractivity contribution in [2.24, 2.45) is 0 Å². The van der Waals surface area contributed by atoms with Crippen molar-refractivity contribution in [2.75, 3.05) is 7.05 Å². The summed E-state index contributed by atoms with van der Waals surface area (Å²) in [6.07, 6.45) is 1.73. The summed E-state index contributed by atoms with van der Waals surface area (Å²) >= 11 is 6.80. The lowest BCUT2D eigenvalue weighted by Gasteiger charge is -2.10. The summed E-state index contributed by atoms with van der Waals surface area (Å²) in [6.45, 7) is 0.707. The third kappa shape index (κ3) is 3.54. The molecule has 1 aromatic carbocycles. The lowest BCUT2D eigenvalue weighted by molar-refractivity contribution is 0.454. The predicted molar refractivity (Wildman–Crippen MR) is 78.9 cm³/mol. The van der Waals surface area contributed by atoms with Crippen LogP contribution in [0.15, 0.2) is 45.5 Å². The molecule has 0 radical (unpaired) electrons. The van der Waals surface area contributed by atoms with Gasteiger partial charge in [0.15, 0.2) is 0 Å². The van der Waals surface area contributed by atoms with Gasteiger partial charge < -0.3 is 10.1 Å². The van der Waals surface area contributed by atoms with E-state index in [1.807, 2.05) is 37.4 Å². The standard InChI is InChI=1S/C13H12Br2N2O/c1-16-7-9-6-11(15)8-17-13(9)18-12-4-2-10(14)3-5-12/h2-6,8,16H,7H2,1H3. The van der Waals surface area contributed by atoms with Gasteiger partial charge in [0.2, 0.25) is 5.88 Å². The molecular weight excluding hydrogens is 360 g/mol. The number of hydrogen-bond donors (Lipinski definition) is 1. The number of nitrogens with one attached hydrogen (secondary N) is 1. The number of hydrogen-bond acceptors (Lipinski definition) is 3. The third-order valence-corrected chi connectivity index (χ3v) is 3.25. The normalized spacial score (nSPS) is 10.4. The Labute approximate surface area is 123 Å². The van der Waals surface area contributed by atoms with E-state index in [1.165, 1.54) is 0 Å². The maximum atomic E-state index is 5.78. The van der Waals surface area contributed by atoms with Crippen LogP contribution in [0.2, 0.25) is 0 Å². The minimum atomic E-state index is 0.620. The molecule has 1 N–H and O–H groups in total. The number of ether oxygens (including phenoxy) is 1. The van der Waals surface area contributed by atoms with E-state index in [2.05, 4.69) is 42.2 Å². The van der Waals surface area contributed by atoms with Crippen molar-refractivity contribution in [3.8, 4) is 11.6 Å². The van der Waals surface area contributed by atoms with Crippen LogP contribution in [-0.2, 0) is 6.54 Å². The van der Waals surface area contributed by atoms with Crippen LogP contribution >= 0.6 is 31.9 Å². The van der Waals surface area contributed by atoms with E-state index in [1.54, 1.807) is 6.20 Å². The second kappa shape index (κ2) is 6.31. The van der Waals surface area contributed by atoms with Crippen LogP contribution in [0.3, 0.4) is 0 Å². The Morgan fingerprint density at radius 1 is 1.17 bits per heavy atom. The monoisotopic (exact) mass is 370 g/mol. The van der Waals surface area contributed by atoms with E-state index in [-0.39, 0.29) is 0 Å². The van der Waals surface area contributed by atoms with Crippen LogP contribution in [0.5, 0.6) is 11.6 Å². The van der Waals surface area contributed by atoms with Crippen molar-refractivity contribution < 1.29 is 4.74 Å². The van der Waals surface area contributed by atoms with Crippen LogP contribution in [-0.4, -0.2) is 12.0 Å². The van der Waals surface area contributed by atoms with Gasteiger partial charge in [-0.2, -0.15) is 0 Å². The van der Waals surface area contributed by atoms with E-state index in [0.29, 0.717) is 12.4 Å². The zero-order valence-corrected chi connectivity index (χ0v) is 13.0. The van der Waals surface area contributed by atoms with E-state index in [9.17, 15) is 0 Å². The zero-order valence-electron chi connectivity index (χ0n) is 9.78. The van der Waals surface area contributed by atoms with Gasteiger partial charge in [0.05, 0.1) is 0 Å². The Hall–Kier alpha value is -0.910. The smallest absolute Gasteiger partial charge is 0.223 e. The maximum Gasteiger partial charge on any atom is 0.223 e. The number of halogens is 2. The molecule has 1 heterocycles. The first kappa shape index (κ1) is 13.5. The fourth-order valence-electron chi connectivity index (χ4n) is 1.49. The minimum Gasteiger partial charge on any atom is -0.439 e. The Morgan fingerprint density at radius 2 is 1.89 bits per heavy atom. The Bertz CT molecular complexity index is 529. The largest absolute Gasteiger partial charge is 0.439 e. The quantitative estimate of drug-likeness (QED) is 0.877. The predicted octanol–water partition coefficient (Wildman–Crippen LogP) is 4.12. The molecule has 0 saturated heterocycles. The zero-order chi connectivity index (χ0) is 13.0.